The molecule has 0 aliphatic rings. The van der Waals surface area contributed by atoms with Crippen LogP contribution in [0.15, 0.2) is 42.6 Å². The molecule has 2 aromatic rings. The Kier molecular flexibility index (Phi) is 4.35. The molecule has 4 heteroatoms. The van der Waals surface area contributed by atoms with Crippen molar-refractivity contribution in [2.24, 2.45) is 0 Å². The maximum absolute atomic E-state index is 10.8. The van der Waals surface area contributed by atoms with Crippen LogP contribution in [0, 0.1) is 0 Å². The number of nitrogens with zero attached hydrogens (tertiary/aromatic N) is 1. The number of rotatable bonds is 5. The third-order valence-electron chi connectivity index (χ3n) is 2.97. The molecule has 0 aliphatic carbocycles. The monoisotopic (exact) mass is 271 g/mol. The Morgan fingerprint density at radius 1 is 1.30 bits per heavy atom. The number of carboxylic acid groups (broad SMARTS) is 1. The summed E-state index contributed by atoms with van der Waals surface area (Å²) in [6.45, 7) is 4.58. The van der Waals surface area contributed by atoms with Crippen LogP contribution in [0.5, 0.6) is 5.75 Å². The number of aromatic nitrogens is 1. The summed E-state index contributed by atoms with van der Waals surface area (Å²) in [5.41, 5.74) is 2.03. The van der Waals surface area contributed by atoms with Crippen LogP contribution in [-0.2, 0) is 6.61 Å². The quantitative estimate of drug-likeness (QED) is 0.904. The first kappa shape index (κ1) is 14.1. The van der Waals surface area contributed by atoms with Gasteiger partial charge >= 0.3 is 5.97 Å². The van der Waals surface area contributed by atoms with Crippen LogP contribution >= 0.6 is 0 Å². The van der Waals surface area contributed by atoms with Crippen molar-refractivity contribution in [3.05, 3.63) is 59.4 Å². The molecule has 20 heavy (non-hydrogen) atoms. The Bertz CT molecular complexity index is 608. The fourth-order valence-corrected chi connectivity index (χ4v) is 1.81. The fraction of sp³-hybridized carbons (Fsp3) is 0.250. The highest BCUT2D eigenvalue weighted by atomic mass is 16.5. The molecule has 0 unspecified atom stereocenters. The van der Waals surface area contributed by atoms with Gasteiger partial charge in [-0.3, -0.25) is 0 Å². The highest BCUT2D eigenvalue weighted by Gasteiger charge is 2.06. The van der Waals surface area contributed by atoms with Gasteiger partial charge in [0.05, 0.1) is 0 Å². The lowest BCUT2D eigenvalue weighted by atomic mass is 10.0. The second-order valence-electron chi connectivity index (χ2n) is 4.87. The van der Waals surface area contributed by atoms with Gasteiger partial charge in [0.1, 0.15) is 18.1 Å². The van der Waals surface area contributed by atoms with Crippen LogP contribution in [0.4, 0.5) is 0 Å². The van der Waals surface area contributed by atoms with Crippen LogP contribution in [0.25, 0.3) is 0 Å². The summed E-state index contributed by atoms with van der Waals surface area (Å²) < 4.78 is 5.70. The van der Waals surface area contributed by atoms with Gasteiger partial charge in [0.15, 0.2) is 0 Å². The van der Waals surface area contributed by atoms with Crippen molar-refractivity contribution in [3.63, 3.8) is 0 Å². The van der Waals surface area contributed by atoms with E-state index in [1.165, 1.54) is 17.8 Å². The minimum Gasteiger partial charge on any atom is -0.489 e. The highest BCUT2D eigenvalue weighted by Crippen LogP contribution is 2.21. The van der Waals surface area contributed by atoms with Crippen molar-refractivity contribution in [2.75, 3.05) is 0 Å². The van der Waals surface area contributed by atoms with E-state index in [0.29, 0.717) is 12.5 Å². The van der Waals surface area contributed by atoms with E-state index in [1.807, 2.05) is 18.2 Å². The zero-order valence-corrected chi connectivity index (χ0v) is 11.5. The van der Waals surface area contributed by atoms with Crippen LogP contribution in [-0.4, -0.2) is 16.1 Å². The number of aromatic carboxylic acids is 1. The second kappa shape index (κ2) is 6.19. The van der Waals surface area contributed by atoms with Gasteiger partial charge in [0.25, 0.3) is 0 Å². The van der Waals surface area contributed by atoms with Crippen LogP contribution < -0.4 is 4.74 Å². The number of hydrogen-bond donors (Lipinski definition) is 1. The smallest absolute Gasteiger partial charge is 0.354 e. The predicted octanol–water partition coefficient (Wildman–Crippen LogP) is 3.48. The zero-order chi connectivity index (χ0) is 14.5. The van der Waals surface area contributed by atoms with E-state index in [1.54, 1.807) is 6.07 Å². The number of carbonyl (C=O) groups is 1. The molecule has 1 N–H and O–H groups in total. The van der Waals surface area contributed by atoms with E-state index < -0.39 is 5.97 Å². The molecule has 0 fully saturated rings. The standard InChI is InChI=1S/C16H17NO3/c1-11(2)13-4-3-5-14(9-13)20-10-12-6-7-17-15(8-12)16(18)19/h3-9,11H,10H2,1-2H3,(H,18,19). The SMILES string of the molecule is CC(C)c1cccc(OCc2ccnc(C(=O)O)c2)c1. The normalized spacial score (nSPS) is 10.6. The molecule has 2 rings (SSSR count). The molecule has 0 bridgehead atoms. The van der Waals surface area contributed by atoms with E-state index >= 15 is 0 Å². The summed E-state index contributed by atoms with van der Waals surface area (Å²) in [5.74, 6) is 0.191. The summed E-state index contributed by atoms with van der Waals surface area (Å²) in [6, 6.07) is 11.2. The predicted molar refractivity (Wildman–Crippen MR) is 76.1 cm³/mol. The minimum absolute atomic E-state index is 0.0297. The van der Waals surface area contributed by atoms with Gasteiger partial charge in [0, 0.05) is 6.20 Å². The summed E-state index contributed by atoms with van der Waals surface area (Å²) in [6.07, 6.45) is 1.48. The van der Waals surface area contributed by atoms with Gasteiger partial charge in [-0.2, -0.15) is 0 Å². The number of pyridine rings is 1. The van der Waals surface area contributed by atoms with E-state index in [9.17, 15) is 4.79 Å². The van der Waals surface area contributed by atoms with Gasteiger partial charge in [-0.1, -0.05) is 26.0 Å². The van der Waals surface area contributed by atoms with Gasteiger partial charge in [-0.15, -0.1) is 0 Å². The van der Waals surface area contributed by atoms with Crippen LogP contribution in [0.3, 0.4) is 0 Å². The van der Waals surface area contributed by atoms with Crippen molar-refractivity contribution in [3.8, 4) is 5.75 Å². The number of ether oxygens (including phenoxy) is 1. The third-order valence-corrected chi connectivity index (χ3v) is 2.97. The average Bonchev–Trinajstić information content (AvgIpc) is 2.45. The number of hydrogen-bond acceptors (Lipinski definition) is 3. The summed E-state index contributed by atoms with van der Waals surface area (Å²) >= 11 is 0. The van der Waals surface area contributed by atoms with Crippen molar-refractivity contribution >= 4 is 5.97 Å². The molecule has 0 aliphatic heterocycles. The molecule has 0 spiro atoms. The zero-order valence-electron chi connectivity index (χ0n) is 11.5. The van der Waals surface area contributed by atoms with Crippen molar-refractivity contribution < 1.29 is 14.6 Å². The van der Waals surface area contributed by atoms with Crippen LogP contribution in [0.1, 0.15) is 41.4 Å². The summed E-state index contributed by atoms with van der Waals surface area (Å²) in [7, 11) is 0. The fourth-order valence-electron chi connectivity index (χ4n) is 1.81. The summed E-state index contributed by atoms with van der Waals surface area (Å²) in [4.78, 5) is 14.6. The number of carboxylic acids is 1. The Hall–Kier alpha value is -2.36. The molecule has 0 radical (unpaired) electrons. The Morgan fingerprint density at radius 3 is 2.80 bits per heavy atom. The van der Waals surface area contributed by atoms with Crippen LogP contribution in [0.2, 0.25) is 0 Å². The minimum atomic E-state index is -1.03. The lowest BCUT2D eigenvalue weighted by Gasteiger charge is -2.10. The Balaban J connectivity index is 2.07. The Morgan fingerprint density at radius 2 is 2.10 bits per heavy atom. The van der Waals surface area contributed by atoms with E-state index in [-0.39, 0.29) is 5.69 Å². The largest absolute Gasteiger partial charge is 0.489 e. The van der Waals surface area contributed by atoms with Crippen molar-refractivity contribution in [1.29, 1.82) is 0 Å². The molecule has 0 atom stereocenters. The second-order valence-corrected chi connectivity index (χ2v) is 4.87. The molecule has 0 saturated heterocycles. The molecule has 4 nitrogen and oxygen atoms in total. The lowest BCUT2D eigenvalue weighted by molar-refractivity contribution is 0.0690. The topological polar surface area (TPSA) is 59.4 Å². The van der Waals surface area contributed by atoms with E-state index in [4.69, 9.17) is 9.84 Å². The maximum Gasteiger partial charge on any atom is 0.354 e. The van der Waals surface area contributed by atoms with Crippen molar-refractivity contribution in [2.45, 2.75) is 26.4 Å². The van der Waals surface area contributed by atoms with E-state index in [2.05, 4.69) is 24.9 Å². The molecular weight excluding hydrogens is 254 g/mol. The maximum atomic E-state index is 10.8. The lowest BCUT2D eigenvalue weighted by Crippen LogP contribution is -2.03. The van der Waals surface area contributed by atoms with Gasteiger partial charge < -0.3 is 9.84 Å². The molecule has 104 valence electrons. The summed E-state index contributed by atoms with van der Waals surface area (Å²) in [5, 5.41) is 8.89. The molecule has 0 saturated carbocycles. The Labute approximate surface area is 118 Å². The molecule has 1 aromatic heterocycles. The highest BCUT2D eigenvalue weighted by molar-refractivity contribution is 5.85. The first-order valence-electron chi connectivity index (χ1n) is 6.47. The molecule has 1 aromatic carbocycles. The number of benzene rings is 1. The molecular formula is C16H17NO3. The van der Waals surface area contributed by atoms with Crippen molar-refractivity contribution in [1.82, 2.24) is 4.98 Å². The van der Waals surface area contributed by atoms with Gasteiger partial charge in [0.2, 0.25) is 0 Å². The average molecular weight is 271 g/mol. The third kappa shape index (κ3) is 3.57. The molecule has 0 amide bonds. The first-order valence-corrected chi connectivity index (χ1v) is 6.47. The van der Waals surface area contributed by atoms with Gasteiger partial charge in [-0.05, 0) is 41.3 Å². The van der Waals surface area contributed by atoms with Gasteiger partial charge in [-0.25, -0.2) is 9.78 Å². The van der Waals surface area contributed by atoms with E-state index in [0.717, 1.165) is 11.3 Å². The molecule has 1 heterocycles. The first-order chi connectivity index (χ1) is 9.56.